The largest absolute Gasteiger partial charge is 0.481 e. The first-order valence-corrected chi connectivity index (χ1v) is 11.5. The van der Waals surface area contributed by atoms with Crippen LogP contribution in [0.1, 0.15) is 38.7 Å². The summed E-state index contributed by atoms with van der Waals surface area (Å²) in [6.07, 6.45) is 5.48. The minimum absolute atomic E-state index is 0. The quantitative estimate of drug-likeness (QED) is 0.390. The second-order valence-corrected chi connectivity index (χ2v) is 9.57. The van der Waals surface area contributed by atoms with E-state index in [9.17, 15) is 9.90 Å². The van der Waals surface area contributed by atoms with Crippen LogP contribution in [-0.4, -0.2) is 44.2 Å². The molecule has 0 aliphatic carbocycles. The molecule has 4 rings (SSSR count). The number of halogens is 2. The van der Waals surface area contributed by atoms with Gasteiger partial charge in [-0.1, -0.05) is 17.4 Å². The molecule has 11 heteroatoms. The van der Waals surface area contributed by atoms with Crippen molar-refractivity contribution in [2.24, 2.45) is 5.92 Å². The smallest absolute Gasteiger partial charge is 0.303 e. The van der Waals surface area contributed by atoms with Crippen molar-refractivity contribution >= 4 is 58.9 Å². The van der Waals surface area contributed by atoms with Gasteiger partial charge in [0, 0.05) is 31.9 Å². The van der Waals surface area contributed by atoms with Crippen molar-refractivity contribution in [1.82, 2.24) is 15.0 Å². The number of aromatic nitrogens is 3. The molecule has 1 aliphatic heterocycles. The van der Waals surface area contributed by atoms with E-state index in [1.807, 2.05) is 30.5 Å². The molecule has 1 fully saturated rings. The summed E-state index contributed by atoms with van der Waals surface area (Å²) in [6, 6.07) is 9.35. The molecule has 34 heavy (non-hydrogen) atoms. The second kappa shape index (κ2) is 11.8. The number of pyridine rings is 2. The van der Waals surface area contributed by atoms with Gasteiger partial charge in [-0.15, -0.1) is 24.8 Å². The lowest BCUT2D eigenvalue weighted by atomic mass is 9.94. The average molecular weight is 526 g/mol. The molecular formula is C23H29Cl2N5O3S. The van der Waals surface area contributed by atoms with Crippen LogP contribution in [0.2, 0.25) is 0 Å². The fourth-order valence-corrected chi connectivity index (χ4v) is 4.69. The Bertz CT molecular complexity index is 1100. The van der Waals surface area contributed by atoms with E-state index < -0.39 is 11.6 Å². The normalized spacial score (nSPS) is 14.1. The first-order valence-electron chi connectivity index (χ1n) is 10.6. The molecule has 0 aromatic carbocycles. The number of aliphatic hydroxyl groups is 1. The molecule has 3 aromatic rings. The Labute approximate surface area is 215 Å². The Kier molecular flexibility index (Phi) is 9.64. The third kappa shape index (κ3) is 7.02. The van der Waals surface area contributed by atoms with E-state index in [0.29, 0.717) is 11.6 Å². The molecule has 0 amide bonds. The Morgan fingerprint density at radius 1 is 1.18 bits per heavy atom. The van der Waals surface area contributed by atoms with Gasteiger partial charge in [0.15, 0.2) is 5.13 Å². The number of carbonyl (C=O) groups is 1. The highest BCUT2D eigenvalue weighted by Gasteiger charge is 2.23. The Morgan fingerprint density at radius 3 is 2.59 bits per heavy atom. The highest BCUT2D eigenvalue weighted by Crippen LogP contribution is 2.33. The standard InChI is InChI=1S/C23H27N5O3S.2ClH/c1-23(2,31)16-6-9-24-20(13-16)27-19-5-3-4-17(26-19)18-14-25-22(32-18)28-10-7-15(8-11-28)12-21(29)30;;/h3-6,9,13-15,31H,7-8,10-12H2,1-2H3,(H,29,30)(H,24,26,27);2*1H. The molecule has 184 valence electrons. The van der Waals surface area contributed by atoms with E-state index in [1.54, 1.807) is 37.4 Å². The van der Waals surface area contributed by atoms with Crippen LogP contribution in [0, 0.1) is 5.92 Å². The monoisotopic (exact) mass is 525 g/mol. The zero-order valence-corrected chi connectivity index (χ0v) is 21.4. The maximum absolute atomic E-state index is 10.9. The summed E-state index contributed by atoms with van der Waals surface area (Å²) in [5, 5.41) is 23.4. The second-order valence-electron chi connectivity index (χ2n) is 8.56. The number of piperidine rings is 1. The minimum Gasteiger partial charge on any atom is -0.481 e. The molecule has 3 aromatic heterocycles. The van der Waals surface area contributed by atoms with E-state index in [2.05, 4.69) is 20.2 Å². The summed E-state index contributed by atoms with van der Waals surface area (Å²) < 4.78 is 0. The molecule has 8 nitrogen and oxygen atoms in total. The molecule has 4 heterocycles. The van der Waals surface area contributed by atoms with Crippen molar-refractivity contribution in [2.45, 2.75) is 38.7 Å². The number of carboxylic acid groups (broad SMARTS) is 1. The first-order chi connectivity index (χ1) is 15.3. The highest BCUT2D eigenvalue weighted by molar-refractivity contribution is 7.18. The van der Waals surface area contributed by atoms with Crippen molar-refractivity contribution in [2.75, 3.05) is 23.3 Å². The predicted octanol–water partition coefficient (Wildman–Crippen LogP) is 5.11. The summed E-state index contributed by atoms with van der Waals surface area (Å²) in [5.41, 5.74) is 0.638. The van der Waals surface area contributed by atoms with E-state index in [-0.39, 0.29) is 37.2 Å². The number of thiazole rings is 1. The Morgan fingerprint density at radius 2 is 1.91 bits per heavy atom. The maximum atomic E-state index is 10.9. The van der Waals surface area contributed by atoms with Crippen LogP contribution in [0.5, 0.6) is 0 Å². The third-order valence-corrected chi connectivity index (χ3v) is 6.65. The van der Waals surface area contributed by atoms with Crippen LogP contribution < -0.4 is 10.2 Å². The van der Waals surface area contributed by atoms with Gasteiger partial charge in [-0.05, 0) is 62.4 Å². The van der Waals surface area contributed by atoms with Crippen LogP contribution in [0.25, 0.3) is 10.6 Å². The van der Waals surface area contributed by atoms with Gasteiger partial charge in [-0.2, -0.15) is 0 Å². The lowest BCUT2D eigenvalue weighted by Crippen LogP contribution is -2.34. The van der Waals surface area contributed by atoms with Gasteiger partial charge in [-0.25, -0.2) is 15.0 Å². The zero-order chi connectivity index (χ0) is 22.7. The average Bonchev–Trinajstić information content (AvgIpc) is 3.24. The molecular weight excluding hydrogens is 497 g/mol. The van der Waals surface area contributed by atoms with Crippen LogP contribution in [-0.2, 0) is 10.4 Å². The Hall–Kier alpha value is -2.46. The summed E-state index contributed by atoms with van der Waals surface area (Å²) in [7, 11) is 0. The van der Waals surface area contributed by atoms with Gasteiger partial charge in [-0.3, -0.25) is 4.79 Å². The number of aliphatic carboxylic acids is 1. The molecule has 0 spiro atoms. The molecule has 0 radical (unpaired) electrons. The van der Waals surface area contributed by atoms with Crippen molar-refractivity contribution in [3.63, 3.8) is 0 Å². The van der Waals surface area contributed by atoms with Crippen molar-refractivity contribution in [3.05, 3.63) is 48.3 Å². The van der Waals surface area contributed by atoms with Gasteiger partial charge in [0.2, 0.25) is 0 Å². The number of nitrogens with one attached hydrogen (secondary N) is 1. The van der Waals surface area contributed by atoms with E-state index in [1.165, 1.54) is 0 Å². The molecule has 0 unspecified atom stereocenters. The van der Waals surface area contributed by atoms with Crippen molar-refractivity contribution < 1.29 is 15.0 Å². The number of carboxylic acids is 1. The molecule has 1 saturated heterocycles. The van der Waals surface area contributed by atoms with Crippen molar-refractivity contribution in [3.8, 4) is 10.6 Å². The fraction of sp³-hybridized carbons (Fsp3) is 0.391. The van der Waals surface area contributed by atoms with Gasteiger partial charge in [0.1, 0.15) is 11.6 Å². The first kappa shape index (κ1) is 27.8. The number of hydrogen-bond acceptors (Lipinski definition) is 8. The molecule has 0 saturated carbocycles. The lowest BCUT2D eigenvalue weighted by Gasteiger charge is -2.30. The fourth-order valence-electron chi connectivity index (χ4n) is 3.76. The molecule has 3 N–H and O–H groups in total. The van der Waals surface area contributed by atoms with Crippen molar-refractivity contribution in [1.29, 1.82) is 0 Å². The summed E-state index contributed by atoms with van der Waals surface area (Å²) in [6.45, 7) is 5.12. The summed E-state index contributed by atoms with van der Waals surface area (Å²) in [5.74, 6) is 0.800. The van der Waals surface area contributed by atoms with E-state index in [4.69, 9.17) is 10.1 Å². The van der Waals surface area contributed by atoms with Gasteiger partial charge < -0.3 is 20.4 Å². The van der Waals surface area contributed by atoms with Crippen LogP contribution in [0.4, 0.5) is 16.8 Å². The van der Waals surface area contributed by atoms with Gasteiger partial charge >= 0.3 is 5.97 Å². The van der Waals surface area contributed by atoms with Gasteiger partial charge in [0.25, 0.3) is 0 Å². The summed E-state index contributed by atoms with van der Waals surface area (Å²) >= 11 is 1.59. The van der Waals surface area contributed by atoms with Crippen LogP contribution in [0.15, 0.2) is 42.7 Å². The topological polar surface area (TPSA) is 111 Å². The maximum Gasteiger partial charge on any atom is 0.303 e. The minimum atomic E-state index is -0.949. The Balaban J connectivity index is 0.00000204. The molecule has 0 bridgehead atoms. The number of nitrogens with zero attached hydrogens (tertiary/aromatic N) is 4. The van der Waals surface area contributed by atoms with Crippen LogP contribution in [0.3, 0.4) is 0 Å². The van der Waals surface area contributed by atoms with E-state index in [0.717, 1.165) is 47.2 Å². The zero-order valence-electron chi connectivity index (χ0n) is 19.0. The molecule has 0 atom stereocenters. The summed E-state index contributed by atoms with van der Waals surface area (Å²) in [4.78, 5) is 27.7. The highest BCUT2D eigenvalue weighted by atomic mass is 35.5. The lowest BCUT2D eigenvalue weighted by molar-refractivity contribution is -0.138. The SMILES string of the molecule is CC(C)(O)c1ccnc(Nc2cccc(-c3cnc(N4CCC(CC(=O)O)CC4)s3)n2)c1.Cl.Cl. The van der Waals surface area contributed by atoms with Crippen LogP contribution >= 0.6 is 36.2 Å². The predicted molar refractivity (Wildman–Crippen MR) is 140 cm³/mol. The van der Waals surface area contributed by atoms with E-state index >= 15 is 0 Å². The number of anilines is 3. The van der Waals surface area contributed by atoms with Gasteiger partial charge in [0.05, 0.1) is 16.2 Å². The third-order valence-electron chi connectivity index (χ3n) is 5.57. The number of hydrogen-bond donors (Lipinski definition) is 3. The molecule has 1 aliphatic rings. The number of rotatable bonds is 7.